The second kappa shape index (κ2) is 7.75. The molecule has 1 aliphatic heterocycles. The predicted octanol–water partition coefficient (Wildman–Crippen LogP) is 2.97. The number of rotatable bonds is 5. The Hall–Kier alpha value is -2.31. The van der Waals surface area contributed by atoms with Crippen molar-refractivity contribution < 1.29 is 9.47 Å². The van der Waals surface area contributed by atoms with Gasteiger partial charge in [-0.3, -0.25) is 9.69 Å². The maximum Gasteiger partial charge on any atom is 0.253 e. The van der Waals surface area contributed by atoms with Crippen LogP contribution in [0.25, 0.3) is 11.1 Å². The minimum atomic E-state index is 0.0385. The van der Waals surface area contributed by atoms with E-state index in [0.29, 0.717) is 5.54 Å². The Bertz CT molecular complexity index is 998. The van der Waals surface area contributed by atoms with Gasteiger partial charge in [-0.05, 0) is 57.0 Å². The van der Waals surface area contributed by atoms with E-state index in [1.54, 1.807) is 25.8 Å². The lowest BCUT2D eigenvalue weighted by Gasteiger charge is -2.41. The van der Waals surface area contributed by atoms with Crippen LogP contribution < -0.4 is 15.0 Å². The molecule has 0 bridgehead atoms. The molecule has 6 nitrogen and oxygen atoms in total. The van der Waals surface area contributed by atoms with Gasteiger partial charge in [0.05, 0.1) is 19.8 Å². The molecule has 0 unspecified atom stereocenters. The van der Waals surface area contributed by atoms with Crippen LogP contribution >= 0.6 is 0 Å². The third-order valence-corrected chi connectivity index (χ3v) is 7.01. The Labute approximate surface area is 179 Å². The Morgan fingerprint density at radius 3 is 2.20 bits per heavy atom. The number of likely N-dealkylation sites (N-methyl/N-ethyl adjacent to an activating group) is 1. The minimum Gasteiger partial charge on any atom is -0.496 e. The average Bonchev–Trinajstić information content (AvgIpc) is 3.50. The third kappa shape index (κ3) is 3.52. The fourth-order valence-electron chi connectivity index (χ4n) is 4.83. The number of benzene rings is 1. The monoisotopic (exact) mass is 411 g/mol. The summed E-state index contributed by atoms with van der Waals surface area (Å²) in [5.74, 6) is 1.68. The molecule has 6 heteroatoms. The van der Waals surface area contributed by atoms with Gasteiger partial charge in [0, 0.05) is 56.1 Å². The Balaban J connectivity index is 1.75. The Kier molecular flexibility index (Phi) is 5.41. The zero-order chi connectivity index (χ0) is 21.6. The highest BCUT2D eigenvalue weighted by Crippen LogP contribution is 2.46. The van der Waals surface area contributed by atoms with Gasteiger partial charge in [-0.25, -0.2) is 0 Å². The summed E-state index contributed by atoms with van der Waals surface area (Å²) in [5.41, 5.74) is 5.23. The molecular weight excluding hydrogens is 378 g/mol. The van der Waals surface area contributed by atoms with Gasteiger partial charge in [0.2, 0.25) is 0 Å². The number of hydrogen-bond acceptors (Lipinski definition) is 5. The van der Waals surface area contributed by atoms with E-state index in [4.69, 9.17) is 9.47 Å². The van der Waals surface area contributed by atoms with Crippen LogP contribution in [0.5, 0.6) is 11.5 Å². The van der Waals surface area contributed by atoms with Crippen LogP contribution in [0.15, 0.2) is 23.1 Å². The van der Waals surface area contributed by atoms with E-state index < -0.39 is 0 Å². The topological polar surface area (TPSA) is 46.9 Å². The number of aryl methyl sites for hydroxylation is 1. The van der Waals surface area contributed by atoms with Gasteiger partial charge < -0.3 is 18.9 Å². The van der Waals surface area contributed by atoms with E-state index in [1.807, 2.05) is 20.0 Å². The number of nitrogens with zero attached hydrogens (tertiary/aromatic N) is 3. The predicted molar refractivity (Wildman–Crippen MR) is 120 cm³/mol. The fourth-order valence-corrected chi connectivity index (χ4v) is 4.83. The molecule has 2 aliphatic rings. The number of aromatic nitrogens is 1. The molecule has 1 aromatic heterocycles. The Morgan fingerprint density at radius 1 is 1.00 bits per heavy atom. The van der Waals surface area contributed by atoms with Gasteiger partial charge >= 0.3 is 0 Å². The number of hydrogen-bond donors (Lipinski definition) is 0. The SMILES string of the molecule is COc1cc(-c2cn(C)c(=O)c(C)c2C)cc(OC)c1CN1CCN(C)CC12CC2. The lowest BCUT2D eigenvalue weighted by molar-refractivity contribution is 0.0661. The van der Waals surface area contributed by atoms with E-state index in [2.05, 4.69) is 29.0 Å². The van der Waals surface area contributed by atoms with Crippen molar-refractivity contribution in [2.75, 3.05) is 40.9 Å². The summed E-state index contributed by atoms with van der Waals surface area (Å²) in [7, 11) is 7.45. The quantitative estimate of drug-likeness (QED) is 0.757. The third-order valence-electron chi connectivity index (χ3n) is 7.01. The second-order valence-electron chi connectivity index (χ2n) is 8.95. The van der Waals surface area contributed by atoms with Crippen molar-refractivity contribution in [2.24, 2.45) is 7.05 Å². The highest BCUT2D eigenvalue weighted by molar-refractivity contribution is 5.72. The van der Waals surface area contributed by atoms with Crippen molar-refractivity contribution in [1.29, 1.82) is 0 Å². The van der Waals surface area contributed by atoms with E-state index in [9.17, 15) is 4.79 Å². The van der Waals surface area contributed by atoms with Crippen LogP contribution in [0.4, 0.5) is 0 Å². The van der Waals surface area contributed by atoms with Gasteiger partial charge in [-0.2, -0.15) is 0 Å². The number of ether oxygens (including phenoxy) is 2. The van der Waals surface area contributed by atoms with Crippen molar-refractivity contribution in [3.05, 3.63) is 45.4 Å². The molecule has 30 heavy (non-hydrogen) atoms. The van der Waals surface area contributed by atoms with E-state index in [-0.39, 0.29) is 5.56 Å². The molecule has 0 radical (unpaired) electrons. The molecule has 1 saturated heterocycles. The number of piperazine rings is 1. The van der Waals surface area contributed by atoms with Gasteiger partial charge in [0.1, 0.15) is 11.5 Å². The largest absolute Gasteiger partial charge is 0.496 e. The van der Waals surface area contributed by atoms with Crippen molar-refractivity contribution in [3.63, 3.8) is 0 Å². The summed E-state index contributed by atoms with van der Waals surface area (Å²) < 4.78 is 13.3. The van der Waals surface area contributed by atoms with Crippen LogP contribution in [0, 0.1) is 13.8 Å². The first-order valence-electron chi connectivity index (χ1n) is 10.7. The number of pyridine rings is 1. The van der Waals surface area contributed by atoms with Gasteiger partial charge in [0.25, 0.3) is 5.56 Å². The zero-order valence-electron chi connectivity index (χ0n) is 19.0. The van der Waals surface area contributed by atoms with Crippen LogP contribution in [-0.4, -0.2) is 60.8 Å². The zero-order valence-corrected chi connectivity index (χ0v) is 19.0. The summed E-state index contributed by atoms with van der Waals surface area (Å²) in [4.78, 5) is 17.3. The highest BCUT2D eigenvalue weighted by atomic mass is 16.5. The van der Waals surface area contributed by atoms with E-state index in [0.717, 1.165) is 65.5 Å². The Morgan fingerprint density at radius 2 is 1.63 bits per heavy atom. The summed E-state index contributed by atoms with van der Waals surface area (Å²) in [6.07, 6.45) is 4.42. The molecule has 2 heterocycles. The summed E-state index contributed by atoms with van der Waals surface area (Å²) in [5, 5.41) is 0. The molecule has 0 N–H and O–H groups in total. The molecule has 0 amide bonds. The van der Waals surface area contributed by atoms with Crippen molar-refractivity contribution in [3.8, 4) is 22.6 Å². The normalized spacial score (nSPS) is 18.6. The first kappa shape index (κ1) is 20.9. The van der Waals surface area contributed by atoms with Crippen LogP contribution in [-0.2, 0) is 13.6 Å². The van der Waals surface area contributed by atoms with Crippen molar-refractivity contribution >= 4 is 0 Å². The average molecular weight is 412 g/mol. The van der Waals surface area contributed by atoms with Gasteiger partial charge in [-0.1, -0.05) is 0 Å². The maximum absolute atomic E-state index is 12.3. The summed E-state index contributed by atoms with van der Waals surface area (Å²) in [6.45, 7) is 7.98. The van der Waals surface area contributed by atoms with E-state index >= 15 is 0 Å². The molecule has 1 aromatic carbocycles. The smallest absolute Gasteiger partial charge is 0.253 e. The molecular formula is C24H33N3O3. The maximum atomic E-state index is 12.3. The van der Waals surface area contributed by atoms with Crippen LogP contribution in [0.2, 0.25) is 0 Å². The number of methoxy groups -OCH3 is 2. The molecule has 4 rings (SSSR count). The lowest BCUT2D eigenvalue weighted by Crippen LogP contribution is -2.53. The standard InChI is InChI=1S/C24H33N3O3/c1-16-17(2)23(28)26(4)13-19(16)18-11-21(29-5)20(22(12-18)30-6)14-27-10-9-25(3)15-24(27)7-8-24/h11-13H,7-10,14-15H2,1-6H3. The molecule has 0 atom stereocenters. The fraction of sp³-hybridized carbons (Fsp3) is 0.542. The summed E-state index contributed by atoms with van der Waals surface area (Å²) in [6, 6.07) is 4.17. The molecule has 1 saturated carbocycles. The first-order valence-corrected chi connectivity index (χ1v) is 10.7. The minimum absolute atomic E-state index is 0.0385. The highest BCUT2D eigenvalue weighted by Gasteiger charge is 2.50. The molecule has 162 valence electrons. The molecule has 1 spiro atoms. The molecule has 2 aromatic rings. The summed E-state index contributed by atoms with van der Waals surface area (Å²) >= 11 is 0. The first-order chi connectivity index (χ1) is 14.3. The van der Waals surface area contributed by atoms with Crippen molar-refractivity contribution in [1.82, 2.24) is 14.4 Å². The lowest BCUT2D eigenvalue weighted by atomic mass is 9.97. The molecule has 2 fully saturated rings. The second-order valence-corrected chi connectivity index (χ2v) is 8.95. The van der Waals surface area contributed by atoms with Crippen LogP contribution in [0.1, 0.15) is 29.5 Å². The van der Waals surface area contributed by atoms with Gasteiger partial charge in [0.15, 0.2) is 0 Å². The molecule has 1 aliphatic carbocycles. The van der Waals surface area contributed by atoms with Crippen LogP contribution in [0.3, 0.4) is 0 Å². The van der Waals surface area contributed by atoms with Crippen molar-refractivity contribution in [2.45, 2.75) is 38.8 Å². The van der Waals surface area contributed by atoms with E-state index in [1.165, 1.54) is 12.8 Å². The van der Waals surface area contributed by atoms with Gasteiger partial charge in [-0.15, -0.1) is 0 Å².